The molecular weight excluding hydrogens is 206 g/mol. The van der Waals surface area contributed by atoms with Gasteiger partial charge in [-0.15, -0.1) is 0 Å². The highest BCUT2D eigenvalue weighted by molar-refractivity contribution is 7.80. The number of nitrogens with two attached hydrogens (primary N) is 1. The van der Waals surface area contributed by atoms with Crippen LogP contribution in [0.15, 0.2) is 18.2 Å². The topological polar surface area (TPSA) is 35.2 Å². The fourth-order valence-electron chi connectivity index (χ4n) is 1.09. The van der Waals surface area contributed by atoms with E-state index in [0.29, 0.717) is 10.8 Å². The molecule has 0 saturated carbocycles. The molecule has 0 saturated heterocycles. The summed E-state index contributed by atoms with van der Waals surface area (Å²) in [5, 5.41) is 0.660. The van der Waals surface area contributed by atoms with E-state index in [9.17, 15) is 0 Å². The van der Waals surface area contributed by atoms with Crippen molar-refractivity contribution in [2.75, 3.05) is 12.9 Å². The first-order chi connectivity index (χ1) is 6.19. The van der Waals surface area contributed by atoms with Crippen molar-refractivity contribution in [2.45, 2.75) is 6.04 Å². The van der Waals surface area contributed by atoms with E-state index in [1.54, 1.807) is 25.3 Å². The van der Waals surface area contributed by atoms with E-state index in [4.69, 9.17) is 22.1 Å². The van der Waals surface area contributed by atoms with Crippen LogP contribution in [0.25, 0.3) is 0 Å². The standard InChI is InChI=1S/C9H12ClNOS/c1-12-9-3-2-6(10)4-7(9)8(11)5-13/h2-4,8,13H,5,11H2,1H3. The number of halogens is 1. The molecule has 2 N–H and O–H groups in total. The molecule has 1 aromatic rings. The molecule has 0 heterocycles. The third-order valence-electron chi connectivity index (χ3n) is 1.79. The Balaban J connectivity index is 3.07. The summed E-state index contributed by atoms with van der Waals surface area (Å²) in [6, 6.07) is 5.24. The Labute approximate surface area is 88.4 Å². The first-order valence-electron chi connectivity index (χ1n) is 3.89. The molecule has 72 valence electrons. The van der Waals surface area contributed by atoms with Gasteiger partial charge in [0.1, 0.15) is 5.75 Å². The molecule has 0 bridgehead atoms. The Morgan fingerprint density at radius 2 is 2.31 bits per heavy atom. The number of rotatable bonds is 3. The maximum Gasteiger partial charge on any atom is 0.123 e. The summed E-state index contributed by atoms with van der Waals surface area (Å²) in [6.07, 6.45) is 0. The molecule has 0 fully saturated rings. The number of hydrogen-bond acceptors (Lipinski definition) is 3. The van der Waals surface area contributed by atoms with E-state index in [1.165, 1.54) is 0 Å². The Morgan fingerprint density at radius 1 is 1.62 bits per heavy atom. The summed E-state index contributed by atoms with van der Waals surface area (Å²) in [7, 11) is 1.61. The summed E-state index contributed by atoms with van der Waals surface area (Å²) in [6.45, 7) is 0. The van der Waals surface area contributed by atoms with Gasteiger partial charge in [0, 0.05) is 22.4 Å². The van der Waals surface area contributed by atoms with Gasteiger partial charge in [0.05, 0.1) is 7.11 Å². The van der Waals surface area contributed by atoms with Crippen LogP contribution in [0, 0.1) is 0 Å². The van der Waals surface area contributed by atoms with Crippen molar-refractivity contribution in [1.82, 2.24) is 0 Å². The van der Waals surface area contributed by atoms with Crippen molar-refractivity contribution in [3.8, 4) is 5.75 Å². The van der Waals surface area contributed by atoms with Crippen molar-refractivity contribution in [3.05, 3.63) is 28.8 Å². The largest absolute Gasteiger partial charge is 0.496 e. The third-order valence-corrected chi connectivity index (χ3v) is 2.42. The zero-order valence-electron chi connectivity index (χ0n) is 7.33. The Morgan fingerprint density at radius 3 is 2.85 bits per heavy atom. The Kier molecular flexibility index (Phi) is 3.90. The van der Waals surface area contributed by atoms with Gasteiger partial charge in [-0.25, -0.2) is 0 Å². The van der Waals surface area contributed by atoms with Gasteiger partial charge in [0.25, 0.3) is 0 Å². The van der Waals surface area contributed by atoms with Crippen LogP contribution in [0.2, 0.25) is 5.02 Å². The van der Waals surface area contributed by atoms with Crippen LogP contribution in [0.5, 0.6) is 5.75 Å². The fraction of sp³-hybridized carbons (Fsp3) is 0.333. The Hall–Kier alpha value is -0.380. The molecule has 1 aromatic carbocycles. The summed E-state index contributed by atoms with van der Waals surface area (Å²) >= 11 is 9.96. The fourth-order valence-corrected chi connectivity index (χ4v) is 1.47. The molecule has 0 aliphatic rings. The van der Waals surface area contributed by atoms with Crippen LogP contribution in [-0.2, 0) is 0 Å². The maximum atomic E-state index is 5.84. The van der Waals surface area contributed by atoms with Gasteiger partial charge < -0.3 is 10.5 Å². The molecule has 0 aromatic heterocycles. The number of methoxy groups -OCH3 is 1. The molecule has 13 heavy (non-hydrogen) atoms. The molecule has 0 amide bonds. The lowest BCUT2D eigenvalue weighted by atomic mass is 10.1. The summed E-state index contributed by atoms with van der Waals surface area (Å²) in [5.74, 6) is 1.32. The number of benzene rings is 1. The van der Waals surface area contributed by atoms with Crippen molar-refractivity contribution < 1.29 is 4.74 Å². The van der Waals surface area contributed by atoms with Gasteiger partial charge in [-0.1, -0.05) is 11.6 Å². The van der Waals surface area contributed by atoms with E-state index in [-0.39, 0.29) is 6.04 Å². The van der Waals surface area contributed by atoms with Gasteiger partial charge in [-0.2, -0.15) is 12.6 Å². The van der Waals surface area contributed by atoms with E-state index < -0.39 is 0 Å². The van der Waals surface area contributed by atoms with E-state index in [1.807, 2.05) is 0 Å². The summed E-state index contributed by atoms with van der Waals surface area (Å²) in [4.78, 5) is 0. The minimum Gasteiger partial charge on any atom is -0.496 e. The smallest absolute Gasteiger partial charge is 0.123 e. The van der Waals surface area contributed by atoms with Crippen LogP contribution in [0.4, 0.5) is 0 Å². The predicted octanol–water partition coefficient (Wildman–Crippen LogP) is 2.28. The second kappa shape index (κ2) is 4.74. The minimum atomic E-state index is -0.142. The predicted molar refractivity (Wildman–Crippen MR) is 58.8 cm³/mol. The SMILES string of the molecule is COc1ccc(Cl)cc1C(N)CS. The van der Waals surface area contributed by atoms with Crippen LogP contribution in [-0.4, -0.2) is 12.9 Å². The van der Waals surface area contributed by atoms with Crippen molar-refractivity contribution in [2.24, 2.45) is 5.73 Å². The van der Waals surface area contributed by atoms with Crippen molar-refractivity contribution in [1.29, 1.82) is 0 Å². The third kappa shape index (κ3) is 2.53. The number of ether oxygens (including phenoxy) is 1. The van der Waals surface area contributed by atoms with Gasteiger partial charge >= 0.3 is 0 Å². The molecule has 0 radical (unpaired) electrons. The van der Waals surface area contributed by atoms with Gasteiger partial charge in [0.15, 0.2) is 0 Å². The average Bonchev–Trinajstić information content (AvgIpc) is 2.16. The summed E-state index contributed by atoms with van der Waals surface area (Å²) in [5.41, 5.74) is 6.72. The minimum absolute atomic E-state index is 0.142. The number of thiol groups is 1. The molecule has 1 atom stereocenters. The van der Waals surface area contributed by atoms with Gasteiger partial charge in [-0.3, -0.25) is 0 Å². The van der Waals surface area contributed by atoms with Crippen LogP contribution in [0.3, 0.4) is 0 Å². The normalized spacial score (nSPS) is 12.6. The van der Waals surface area contributed by atoms with Crippen LogP contribution in [0.1, 0.15) is 11.6 Å². The van der Waals surface area contributed by atoms with Gasteiger partial charge in [0.2, 0.25) is 0 Å². The number of hydrogen-bond donors (Lipinski definition) is 2. The second-order valence-corrected chi connectivity index (χ2v) is 3.48. The molecule has 4 heteroatoms. The first kappa shape index (κ1) is 10.7. The molecular formula is C9H12ClNOS. The van der Waals surface area contributed by atoms with Crippen LogP contribution < -0.4 is 10.5 Å². The highest BCUT2D eigenvalue weighted by Crippen LogP contribution is 2.27. The van der Waals surface area contributed by atoms with E-state index >= 15 is 0 Å². The zero-order valence-corrected chi connectivity index (χ0v) is 8.98. The molecule has 0 aliphatic heterocycles. The second-order valence-electron chi connectivity index (χ2n) is 2.68. The van der Waals surface area contributed by atoms with Crippen LogP contribution >= 0.6 is 24.2 Å². The molecule has 0 aliphatic carbocycles. The van der Waals surface area contributed by atoms with E-state index in [2.05, 4.69) is 12.6 Å². The van der Waals surface area contributed by atoms with Crippen molar-refractivity contribution in [3.63, 3.8) is 0 Å². The van der Waals surface area contributed by atoms with Gasteiger partial charge in [-0.05, 0) is 18.2 Å². The average molecular weight is 218 g/mol. The maximum absolute atomic E-state index is 5.84. The highest BCUT2D eigenvalue weighted by Gasteiger charge is 2.10. The zero-order chi connectivity index (χ0) is 9.84. The monoisotopic (exact) mass is 217 g/mol. The lowest BCUT2D eigenvalue weighted by Crippen LogP contribution is -2.12. The van der Waals surface area contributed by atoms with Crippen molar-refractivity contribution >= 4 is 24.2 Å². The molecule has 1 rings (SSSR count). The molecule has 1 unspecified atom stereocenters. The lowest BCUT2D eigenvalue weighted by molar-refractivity contribution is 0.407. The molecule has 0 spiro atoms. The van der Waals surface area contributed by atoms with E-state index in [0.717, 1.165) is 11.3 Å². The summed E-state index contributed by atoms with van der Waals surface area (Å²) < 4.78 is 5.15. The highest BCUT2D eigenvalue weighted by atomic mass is 35.5. The lowest BCUT2D eigenvalue weighted by Gasteiger charge is -2.13. The first-order valence-corrected chi connectivity index (χ1v) is 4.90. The molecule has 2 nitrogen and oxygen atoms in total. The Bertz CT molecular complexity index is 293. The quantitative estimate of drug-likeness (QED) is 0.762.